The molecule has 0 spiro atoms. The largest absolute Gasteiger partial charge is 0.496 e. The van der Waals surface area contributed by atoms with Crippen LogP contribution in [0.1, 0.15) is 23.2 Å². The highest BCUT2D eigenvalue weighted by molar-refractivity contribution is 5.72. The van der Waals surface area contributed by atoms with Crippen molar-refractivity contribution in [2.24, 2.45) is 0 Å². The summed E-state index contributed by atoms with van der Waals surface area (Å²) in [6.45, 7) is 1.89. The molecule has 0 bridgehead atoms. The van der Waals surface area contributed by atoms with E-state index in [1.54, 1.807) is 20.5 Å². The van der Waals surface area contributed by atoms with Crippen LogP contribution >= 0.6 is 0 Å². The van der Waals surface area contributed by atoms with Gasteiger partial charge >= 0.3 is 0 Å². The number of para-hydroxylation sites is 1. The standard InChI is InChI=1S/C24H25N3O2/c1-28-23-6-4-3-5-20(23)22-15-19(26-16-27-22)13-17-7-8-24(29-2)21(14-17)18-9-11-25-12-10-18/h3-9,14-16,25H,10-13H2,1-2H3. The van der Waals surface area contributed by atoms with Crippen molar-refractivity contribution in [3.63, 3.8) is 0 Å². The van der Waals surface area contributed by atoms with Gasteiger partial charge in [-0.05, 0) is 54.4 Å². The van der Waals surface area contributed by atoms with Crippen LogP contribution in [0.4, 0.5) is 0 Å². The monoisotopic (exact) mass is 387 g/mol. The molecule has 148 valence electrons. The maximum Gasteiger partial charge on any atom is 0.128 e. The molecule has 1 aliphatic rings. The van der Waals surface area contributed by atoms with E-state index >= 15 is 0 Å². The molecule has 0 aliphatic carbocycles. The molecule has 5 nitrogen and oxygen atoms in total. The Morgan fingerprint density at radius 1 is 0.931 bits per heavy atom. The summed E-state index contributed by atoms with van der Waals surface area (Å²) >= 11 is 0. The van der Waals surface area contributed by atoms with Crippen molar-refractivity contribution in [1.82, 2.24) is 15.3 Å². The van der Waals surface area contributed by atoms with Gasteiger partial charge in [-0.15, -0.1) is 0 Å². The van der Waals surface area contributed by atoms with E-state index < -0.39 is 0 Å². The lowest BCUT2D eigenvalue weighted by Crippen LogP contribution is -2.20. The molecular formula is C24H25N3O2. The Labute approximate surface area is 171 Å². The number of nitrogens with zero attached hydrogens (tertiary/aromatic N) is 2. The average molecular weight is 387 g/mol. The van der Waals surface area contributed by atoms with Gasteiger partial charge in [0.1, 0.15) is 17.8 Å². The Bertz CT molecular complexity index is 1030. The SMILES string of the molecule is COc1ccc(Cc2cc(-c3ccccc3OC)ncn2)cc1C1=CCNCC1. The molecule has 1 N–H and O–H groups in total. The highest BCUT2D eigenvalue weighted by Gasteiger charge is 2.13. The van der Waals surface area contributed by atoms with Gasteiger partial charge < -0.3 is 14.8 Å². The van der Waals surface area contributed by atoms with E-state index in [1.165, 1.54) is 16.7 Å². The minimum absolute atomic E-state index is 0.729. The van der Waals surface area contributed by atoms with E-state index in [0.29, 0.717) is 0 Å². The molecule has 29 heavy (non-hydrogen) atoms. The molecule has 0 unspecified atom stereocenters. The van der Waals surface area contributed by atoms with E-state index in [4.69, 9.17) is 9.47 Å². The van der Waals surface area contributed by atoms with Crippen LogP contribution in [0.2, 0.25) is 0 Å². The third-order valence-corrected chi connectivity index (χ3v) is 5.17. The molecule has 3 aromatic rings. The predicted molar refractivity (Wildman–Crippen MR) is 115 cm³/mol. The summed E-state index contributed by atoms with van der Waals surface area (Å²) in [5, 5.41) is 3.36. The molecule has 0 atom stereocenters. The molecule has 0 amide bonds. The number of aromatic nitrogens is 2. The Balaban J connectivity index is 1.64. The lowest BCUT2D eigenvalue weighted by Gasteiger charge is -2.18. The van der Waals surface area contributed by atoms with Crippen LogP contribution in [0.15, 0.2) is 60.9 Å². The molecule has 0 radical (unpaired) electrons. The van der Waals surface area contributed by atoms with Crippen molar-refractivity contribution >= 4 is 5.57 Å². The summed E-state index contributed by atoms with van der Waals surface area (Å²) < 4.78 is 11.1. The van der Waals surface area contributed by atoms with Gasteiger partial charge in [-0.2, -0.15) is 0 Å². The van der Waals surface area contributed by atoms with Crippen LogP contribution in [0.5, 0.6) is 11.5 Å². The summed E-state index contributed by atoms with van der Waals surface area (Å²) in [6.07, 6.45) is 5.60. The summed E-state index contributed by atoms with van der Waals surface area (Å²) in [7, 11) is 3.40. The molecule has 2 heterocycles. The number of rotatable bonds is 6. The first kappa shape index (κ1) is 19.2. The van der Waals surface area contributed by atoms with Crippen molar-refractivity contribution in [3.05, 3.63) is 77.8 Å². The fourth-order valence-electron chi connectivity index (χ4n) is 3.69. The van der Waals surface area contributed by atoms with Gasteiger partial charge in [0.05, 0.1) is 19.9 Å². The Hall–Kier alpha value is -3.18. The molecule has 1 aliphatic heterocycles. The van der Waals surface area contributed by atoms with Crippen molar-refractivity contribution in [2.45, 2.75) is 12.8 Å². The zero-order chi connectivity index (χ0) is 20.1. The molecular weight excluding hydrogens is 362 g/mol. The van der Waals surface area contributed by atoms with Gasteiger partial charge in [0, 0.05) is 29.8 Å². The number of nitrogens with one attached hydrogen (secondary N) is 1. The van der Waals surface area contributed by atoms with Gasteiger partial charge in [-0.25, -0.2) is 9.97 Å². The van der Waals surface area contributed by atoms with Crippen LogP contribution < -0.4 is 14.8 Å². The first-order chi connectivity index (χ1) is 14.3. The number of methoxy groups -OCH3 is 2. The quantitative estimate of drug-likeness (QED) is 0.689. The molecule has 0 fully saturated rings. The Kier molecular flexibility index (Phi) is 5.86. The second kappa shape index (κ2) is 8.88. The lowest BCUT2D eigenvalue weighted by molar-refractivity contribution is 0.413. The average Bonchev–Trinajstić information content (AvgIpc) is 2.80. The lowest BCUT2D eigenvalue weighted by atomic mass is 9.96. The van der Waals surface area contributed by atoms with Gasteiger partial charge in [0.2, 0.25) is 0 Å². The van der Waals surface area contributed by atoms with Crippen molar-refractivity contribution in [1.29, 1.82) is 0 Å². The van der Waals surface area contributed by atoms with Gasteiger partial charge in [-0.3, -0.25) is 0 Å². The number of ether oxygens (including phenoxy) is 2. The third kappa shape index (κ3) is 4.30. The summed E-state index contributed by atoms with van der Waals surface area (Å²) in [4.78, 5) is 8.94. The van der Waals surface area contributed by atoms with E-state index in [1.807, 2.05) is 30.3 Å². The molecule has 1 aromatic heterocycles. The van der Waals surface area contributed by atoms with Crippen LogP contribution in [0, 0.1) is 0 Å². The summed E-state index contributed by atoms with van der Waals surface area (Å²) in [5.74, 6) is 1.72. The van der Waals surface area contributed by atoms with Crippen LogP contribution in [-0.4, -0.2) is 37.3 Å². The topological polar surface area (TPSA) is 56.3 Å². The first-order valence-corrected chi connectivity index (χ1v) is 9.80. The van der Waals surface area contributed by atoms with Gasteiger partial charge in [0.25, 0.3) is 0 Å². The van der Waals surface area contributed by atoms with Gasteiger partial charge in [-0.1, -0.05) is 24.3 Å². The molecule has 4 rings (SSSR count). The van der Waals surface area contributed by atoms with Crippen LogP contribution in [0.3, 0.4) is 0 Å². The second-order valence-electron chi connectivity index (χ2n) is 6.99. The smallest absolute Gasteiger partial charge is 0.128 e. The zero-order valence-electron chi connectivity index (χ0n) is 16.8. The minimum Gasteiger partial charge on any atom is -0.496 e. The van der Waals surface area contributed by atoms with Gasteiger partial charge in [0.15, 0.2) is 0 Å². The minimum atomic E-state index is 0.729. The molecule has 2 aromatic carbocycles. The maximum absolute atomic E-state index is 5.61. The van der Waals surface area contributed by atoms with E-state index in [0.717, 1.165) is 54.4 Å². The number of hydrogen-bond donors (Lipinski definition) is 1. The third-order valence-electron chi connectivity index (χ3n) is 5.17. The molecule has 0 saturated heterocycles. The summed E-state index contributed by atoms with van der Waals surface area (Å²) in [5.41, 5.74) is 6.50. The van der Waals surface area contributed by atoms with Crippen molar-refractivity contribution in [2.75, 3.05) is 27.3 Å². The predicted octanol–water partition coefficient (Wildman–Crippen LogP) is 4.13. The Morgan fingerprint density at radius 3 is 2.55 bits per heavy atom. The maximum atomic E-state index is 5.61. The van der Waals surface area contributed by atoms with E-state index in [-0.39, 0.29) is 0 Å². The second-order valence-corrected chi connectivity index (χ2v) is 6.99. The van der Waals surface area contributed by atoms with Crippen molar-refractivity contribution in [3.8, 4) is 22.8 Å². The fraction of sp³-hybridized carbons (Fsp3) is 0.250. The summed E-state index contributed by atoms with van der Waals surface area (Å²) in [6, 6.07) is 16.3. The zero-order valence-corrected chi connectivity index (χ0v) is 16.8. The molecule has 5 heteroatoms. The first-order valence-electron chi connectivity index (χ1n) is 9.80. The van der Waals surface area contributed by atoms with E-state index in [9.17, 15) is 0 Å². The highest BCUT2D eigenvalue weighted by Crippen LogP contribution is 2.31. The van der Waals surface area contributed by atoms with Crippen LogP contribution in [-0.2, 0) is 6.42 Å². The Morgan fingerprint density at radius 2 is 1.76 bits per heavy atom. The molecule has 0 saturated carbocycles. The number of benzene rings is 2. The van der Waals surface area contributed by atoms with Crippen LogP contribution in [0.25, 0.3) is 16.8 Å². The van der Waals surface area contributed by atoms with Crippen molar-refractivity contribution < 1.29 is 9.47 Å². The number of hydrogen-bond acceptors (Lipinski definition) is 5. The normalized spacial score (nSPS) is 13.7. The fourth-order valence-corrected chi connectivity index (χ4v) is 3.69. The highest BCUT2D eigenvalue weighted by atomic mass is 16.5. The van der Waals surface area contributed by atoms with E-state index in [2.05, 4.69) is 39.6 Å².